The van der Waals surface area contributed by atoms with Crippen molar-refractivity contribution in [3.8, 4) is 0 Å². The number of carboxylic acids is 1. The molecule has 0 atom stereocenters. The van der Waals surface area contributed by atoms with E-state index in [9.17, 15) is 4.79 Å². The fourth-order valence-corrected chi connectivity index (χ4v) is 0. The summed E-state index contributed by atoms with van der Waals surface area (Å²) in [6.07, 6.45) is 0. The molecule has 0 aliphatic carbocycles. The smallest absolute Gasteiger partial charge is 0.726 e. The molecule has 0 rings (SSSR count). The van der Waals surface area contributed by atoms with Gasteiger partial charge < -0.3 is 9.66 Å². The van der Waals surface area contributed by atoms with Crippen LogP contribution in [0.25, 0.3) is 0 Å². The first-order chi connectivity index (χ1) is 4.64. The van der Waals surface area contributed by atoms with Crippen LogP contribution in [-0.2, 0) is 15.2 Å². The Morgan fingerprint density at radius 1 is 1.50 bits per heavy atom. The fourth-order valence-electron chi connectivity index (χ4n) is 0. The number of rotatable bonds is 1. The van der Waals surface area contributed by atoms with E-state index in [0.29, 0.717) is 0 Å². The van der Waals surface area contributed by atoms with Crippen LogP contribution in [0.1, 0.15) is 6.92 Å². The van der Waals surface area contributed by atoms with Crippen LogP contribution in [0.3, 0.4) is 0 Å². The second-order valence-electron chi connectivity index (χ2n) is 1.51. The van der Waals surface area contributed by atoms with Crippen LogP contribution in [0.4, 0.5) is 0 Å². The molecule has 66 valence electrons. The molecular weight excluding hydrogens is 199 g/mol. The van der Waals surface area contributed by atoms with Crippen molar-refractivity contribution in [3.05, 3.63) is 12.2 Å². The van der Waals surface area contributed by atoms with Gasteiger partial charge in [-0.2, -0.15) is 0 Å². The molecule has 8 heteroatoms. The Hall–Kier alpha value is 0.0800. The summed E-state index contributed by atoms with van der Waals surface area (Å²) in [6, 6.07) is 0. The Balaban J connectivity index is -0.000000126. The van der Waals surface area contributed by atoms with Gasteiger partial charge in [-0.05, 0) is 6.92 Å². The van der Waals surface area contributed by atoms with E-state index in [1.807, 2.05) is 0 Å². The molecule has 0 heterocycles. The number of hydrogen-bond acceptors (Lipinski definition) is 4. The number of carbonyl (C=O) groups is 1. The van der Waals surface area contributed by atoms with Gasteiger partial charge in [0.2, 0.25) is 10.4 Å². The van der Waals surface area contributed by atoms with E-state index < -0.39 is 16.4 Å². The molecule has 0 radical (unpaired) electrons. The summed E-state index contributed by atoms with van der Waals surface area (Å²) in [5, 5.41) is 7.89. The second kappa shape index (κ2) is 7.71. The summed E-state index contributed by atoms with van der Waals surface area (Å²) in [7, 11) is -4.92. The van der Waals surface area contributed by atoms with Crippen LogP contribution in [0, 0.1) is 0 Å². The maximum atomic E-state index is 9.60. The quantitative estimate of drug-likeness (QED) is 0.200. The average Bonchev–Trinajstić information content (AvgIpc) is 1.59. The molecule has 6 nitrogen and oxygen atoms in total. The van der Waals surface area contributed by atoms with Crippen molar-refractivity contribution in [1.82, 2.24) is 0 Å². The van der Waals surface area contributed by atoms with Gasteiger partial charge in [0.15, 0.2) is 0 Å². The normalized spacial score (nSPS) is 8.58. The third-order valence-electron chi connectivity index (χ3n) is 0.365. The van der Waals surface area contributed by atoms with E-state index in [1.54, 1.807) is 0 Å². The fraction of sp³-hybridized carbons (Fsp3) is 0.250. The summed E-state index contributed by atoms with van der Waals surface area (Å²) in [5.41, 5.74) is 0.176. The van der Waals surface area contributed by atoms with Crippen LogP contribution in [0.2, 0.25) is 0 Å². The van der Waals surface area contributed by atoms with E-state index >= 15 is 0 Å². The molecule has 0 aliphatic rings. The van der Waals surface area contributed by atoms with Crippen molar-refractivity contribution in [2.75, 3.05) is 0 Å². The summed E-state index contributed by atoms with van der Waals surface area (Å²) in [4.78, 5) is 9.60. The van der Waals surface area contributed by atoms with Gasteiger partial charge in [-0.15, -0.1) is 0 Å². The molecule has 12 heavy (non-hydrogen) atoms. The zero-order chi connectivity index (χ0) is 9.65. The Labute approximate surface area is 92.2 Å². The zero-order valence-corrected chi connectivity index (χ0v) is 9.46. The number of aliphatic carboxylic acids is 1. The summed E-state index contributed by atoms with van der Waals surface area (Å²) in [5.74, 6) is -0.935. The summed E-state index contributed by atoms with van der Waals surface area (Å²) < 4.78 is 32.8. The first kappa shape index (κ1) is 18.0. The molecule has 0 unspecified atom stereocenters. The van der Waals surface area contributed by atoms with Crippen LogP contribution in [-0.4, -0.2) is 28.6 Å². The second-order valence-corrected chi connectivity index (χ2v) is 2.37. The van der Waals surface area contributed by atoms with Crippen LogP contribution >= 0.6 is 0 Å². The van der Waals surface area contributed by atoms with E-state index in [1.165, 1.54) is 6.92 Å². The van der Waals surface area contributed by atoms with E-state index in [4.69, 9.17) is 22.6 Å². The van der Waals surface area contributed by atoms with Crippen molar-refractivity contribution < 1.29 is 57.0 Å². The third kappa shape index (κ3) is 49.9. The molecule has 0 saturated carbocycles. The van der Waals surface area contributed by atoms with Gasteiger partial charge in [-0.25, -0.2) is 13.2 Å². The standard InChI is InChI=1S/C4H6O2.Na.H2O4S/c1-3(2)4(5)6;;1-5(2,3)4/h1H2,2H3,(H,5,6);;(H2,1,2,3,4)/q;+1;/p-1. The van der Waals surface area contributed by atoms with Gasteiger partial charge in [0.05, 0.1) is 0 Å². The topological polar surface area (TPSA) is 115 Å². The predicted molar refractivity (Wildman–Crippen MR) is 34.8 cm³/mol. The largest absolute Gasteiger partial charge is 1.00 e. The van der Waals surface area contributed by atoms with E-state index in [-0.39, 0.29) is 35.1 Å². The van der Waals surface area contributed by atoms with Gasteiger partial charge in [0.25, 0.3) is 0 Å². The number of hydrogen-bond donors (Lipinski definition) is 2. The third-order valence-corrected chi connectivity index (χ3v) is 0.365. The Morgan fingerprint density at radius 2 is 1.58 bits per heavy atom. The first-order valence-electron chi connectivity index (χ1n) is 2.21. The Kier molecular flexibility index (Phi) is 11.6. The average molecular weight is 206 g/mol. The minimum Gasteiger partial charge on any atom is -0.726 e. The molecule has 0 spiro atoms. The zero-order valence-electron chi connectivity index (χ0n) is 6.64. The summed E-state index contributed by atoms with van der Waals surface area (Å²) in [6.45, 7) is 4.60. The maximum absolute atomic E-state index is 9.60. The maximum Gasteiger partial charge on any atom is 1.00 e. The molecule has 0 saturated heterocycles. The first-order valence-corrected chi connectivity index (χ1v) is 3.58. The molecular formula is C4H7NaO6S. The van der Waals surface area contributed by atoms with Crippen molar-refractivity contribution in [2.24, 2.45) is 0 Å². The van der Waals surface area contributed by atoms with Gasteiger partial charge in [-0.1, -0.05) is 6.58 Å². The number of carboxylic acid groups (broad SMARTS) is 1. The van der Waals surface area contributed by atoms with Crippen molar-refractivity contribution in [3.63, 3.8) is 0 Å². The molecule has 0 aromatic rings. The SMILES string of the molecule is C=C(C)C(=O)O.O=S(=O)([O-])O.[Na+]. The van der Waals surface area contributed by atoms with Gasteiger partial charge in [0, 0.05) is 5.57 Å². The monoisotopic (exact) mass is 206 g/mol. The summed E-state index contributed by atoms with van der Waals surface area (Å²) >= 11 is 0. The van der Waals surface area contributed by atoms with Crippen molar-refractivity contribution >= 4 is 16.4 Å². The Bertz CT molecular complexity index is 222. The molecule has 0 aromatic carbocycles. The van der Waals surface area contributed by atoms with Crippen LogP contribution < -0.4 is 29.6 Å². The molecule has 0 fully saturated rings. The van der Waals surface area contributed by atoms with Gasteiger partial charge in [-0.3, -0.25) is 4.55 Å². The Morgan fingerprint density at radius 3 is 1.58 bits per heavy atom. The van der Waals surface area contributed by atoms with Crippen molar-refractivity contribution in [1.29, 1.82) is 0 Å². The van der Waals surface area contributed by atoms with Crippen molar-refractivity contribution in [2.45, 2.75) is 6.92 Å². The van der Waals surface area contributed by atoms with Crippen LogP contribution in [0.15, 0.2) is 12.2 Å². The minimum absolute atomic E-state index is 0. The van der Waals surface area contributed by atoms with Crippen LogP contribution in [0.5, 0.6) is 0 Å². The molecule has 0 bridgehead atoms. The minimum atomic E-state index is -4.92. The van der Waals surface area contributed by atoms with Gasteiger partial charge in [0.1, 0.15) is 0 Å². The molecule has 2 N–H and O–H groups in total. The molecule has 0 aromatic heterocycles. The molecule has 0 amide bonds. The van der Waals surface area contributed by atoms with E-state index in [0.717, 1.165) is 0 Å². The van der Waals surface area contributed by atoms with E-state index in [2.05, 4.69) is 6.58 Å². The molecule has 0 aliphatic heterocycles. The predicted octanol–water partition coefficient (Wildman–Crippen LogP) is -3.34. The van der Waals surface area contributed by atoms with Gasteiger partial charge >= 0.3 is 35.5 Å².